The van der Waals surface area contributed by atoms with Crippen molar-refractivity contribution in [2.45, 2.75) is 26.4 Å². The zero-order valence-electron chi connectivity index (χ0n) is 16.6. The molecule has 1 unspecified atom stereocenters. The average molecular weight is 377 g/mol. The molecule has 0 radical (unpaired) electrons. The van der Waals surface area contributed by atoms with E-state index in [-0.39, 0.29) is 11.8 Å². The predicted octanol–water partition coefficient (Wildman–Crippen LogP) is 4.37. The fourth-order valence-corrected chi connectivity index (χ4v) is 3.24. The van der Waals surface area contributed by atoms with Gasteiger partial charge in [0, 0.05) is 6.54 Å². The number of rotatable bonds is 6. The van der Waals surface area contributed by atoms with E-state index < -0.39 is 0 Å². The monoisotopic (exact) mass is 377 g/mol. The third-order valence-electron chi connectivity index (χ3n) is 4.65. The number of hydrogen-bond donors (Lipinski definition) is 3. The molecule has 0 amide bonds. The number of aliphatic imine (C=N–C) groups is 1. The van der Waals surface area contributed by atoms with Crippen LogP contribution in [0.4, 0.5) is 0 Å². The van der Waals surface area contributed by atoms with Crippen molar-refractivity contribution >= 4 is 16.7 Å². The van der Waals surface area contributed by atoms with Crippen LogP contribution >= 0.6 is 0 Å². The van der Waals surface area contributed by atoms with Gasteiger partial charge in [0.1, 0.15) is 0 Å². The first-order chi connectivity index (χ1) is 13.6. The molecular weight excluding hydrogens is 350 g/mol. The van der Waals surface area contributed by atoms with Gasteiger partial charge >= 0.3 is 0 Å². The second-order valence-electron chi connectivity index (χ2n) is 6.64. The van der Waals surface area contributed by atoms with Gasteiger partial charge < -0.3 is 20.5 Å². The quantitative estimate of drug-likeness (QED) is 0.441. The molecule has 0 aliphatic carbocycles. The average Bonchev–Trinajstić information content (AvgIpc) is 2.71. The third-order valence-corrected chi connectivity index (χ3v) is 4.65. The minimum absolute atomic E-state index is 0.0909. The molecule has 0 fully saturated rings. The van der Waals surface area contributed by atoms with Crippen molar-refractivity contribution in [3.05, 3.63) is 71.8 Å². The van der Waals surface area contributed by atoms with Crippen molar-refractivity contribution in [2.75, 3.05) is 13.7 Å². The molecule has 0 saturated heterocycles. The largest absolute Gasteiger partial charge is 0.504 e. The van der Waals surface area contributed by atoms with E-state index in [1.807, 2.05) is 13.0 Å². The lowest BCUT2D eigenvalue weighted by Crippen LogP contribution is -2.38. The molecule has 3 N–H and O–H groups in total. The highest BCUT2D eigenvalue weighted by Crippen LogP contribution is 2.27. The summed E-state index contributed by atoms with van der Waals surface area (Å²) < 4.78 is 5.09. The van der Waals surface area contributed by atoms with E-state index in [1.54, 1.807) is 12.1 Å². The van der Waals surface area contributed by atoms with Gasteiger partial charge in [-0.15, -0.1) is 0 Å². The van der Waals surface area contributed by atoms with Crippen molar-refractivity contribution in [3.63, 3.8) is 0 Å². The minimum Gasteiger partial charge on any atom is -0.504 e. The molecular formula is C23H27N3O2. The maximum Gasteiger partial charge on any atom is 0.192 e. The standard InChI is InChI=1S/C23H27N3O2/c1-4-24-23(25-15-17-12-13-22(28-3)21(27)14-17)26-16(2)19-11-7-9-18-8-5-6-10-20(18)19/h5-14,16,27H,4,15H2,1-3H3,(H2,24,25,26). The van der Waals surface area contributed by atoms with Crippen LogP contribution in [0.2, 0.25) is 0 Å². The number of nitrogens with one attached hydrogen (secondary N) is 2. The Kier molecular flexibility index (Phi) is 6.37. The SMILES string of the molecule is CCNC(=NCc1ccc(OC)c(O)c1)NC(C)c1cccc2ccccc12. The molecule has 3 aromatic carbocycles. The van der Waals surface area contributed by atoms with Crippen LogP contribution in [0.15, 0.2) is 65.7 Å². The predicted molar refractivity (Wildman–Crippen MR) is 115 cm³/mol. The lowest BCUT2D eigenvalue weighted by atomic mass is 10.00. The van der Waals surface area contributed by atoms with Crippen molar-refractivity contribution in [1.29, 1.82) is 0 Å². The lowest BCUT2D eigenvalue weighted by molar-refractivity contribution is 0.373. The summed E-state index contributed by atoms with van der Waals surface area (Å²) in [6.07, 6.45) is 0. The summed E-state index contributed by atoms with van der Waals surface area (Å²) in [6, 6.07) is 20.2. The summed E-state index contributed by atoms with van der Waals surface area (Å²) in [4.78, 5) is 4.67. The van der Waals surface area contributed by atoms with Crippen LogP contribution < -0.4 is 15.4 Å². The van der Waals surface area contributed by atoms with Crippen LogP contribution in [-0.2, 0) is 6.54 Å². The second-order valence-corrected chi connectivity index (χ2v) is 6.64. The van der Waals surface area contributed by atoms with Gasteiger partial charge in [-0.05, 0) is 47.9 Å². The highest BCUT2D eigenvalue weighted by atomic mass is 16.5. The van der Waals surface area contributed by atoms with Gasteiger partial charge in [0.05, 0.1) is 19.7 Å². The Morgan fingerprint density at radius 3 is 2.64 bits per heavy atom. The number of nitrogens with zero attached hydrogens (tertiary/aromatic N) is 1. The van der Waals surface area contributed by atoms with E-state index in [0.29, 0.717) is 12.3 Å². The Labute approximate surface area is 166 Å². The lowest BCUT2D eigenvalue weighted by Gasteiger charge is -2.20. The van der Waals surface area contributed by atoms with Gasteiger partial charge in [0.25, 0.3) is 0 Å². The van der Waals surface area contributed by atoms with Crippen molar-refractivity contribution in [2.24, 2.45) is 4.99 Å². The van der Waals surface area contributed by atoms with Gasteiger partial charge in [-0.1, -0.05) is 48.5 Å². The smallest absolute Gasteiger partial charge is 0.192 e. The van der Waals surface area contributed by atoms with Gasteiger partial charge in [-0.2, -0.15) is 0 Å². The first kappa shape index (κ1) is 19.5. The maximum absolute atomic E-state index is 9.95. The topological polar surface area (TPSA) is 65.9 Å². The van der Waals surface area contributed by atoms with Crippen molar-refractivity contribution in [3.8, 4) is 11.5 Å². The van der Waals surface area contributed by atoms with Gasteiger partial charge in [-0.25, -0.2) is 4.99 Å². The van der Waals surface area contributed by atoms with Gasteiger partial charge in [0.15, 0.2) is 17.5 Å². The highest BCUT2D eigenvalue weighted by Gasteiger charge is 2.11. The Balaban J connectivity index is 1.78. The fraction of sp³-hybridized carbons (Fsp3) is 0.261. The summed E-state index contributed by atoms with van der Waals surface area (Å²) in [5, 5.41) is 19.2. The molecule has 0 heterocycles. The molecule has 1 atom stereocenters. The van der Waals surface area contributed by atoms with Crippen LogP contribution in [0, 0.1) is 0 Å². The number of aromatic hydroxyl groups is 1. The molecule has 0 aromatic heterocycles. The van der Waals surface area contributed by atoms with E-state index in [4.69, 9.17) is 4.74 Å². The molecule has 0 aliphatic heterocycles. The molecule has 0 aliphatic rings. The maximum atomic E-state index is 9.95. The summed E-state index contributed by atoms with van der Waals surface area (Å²) in [5.74, 6) is 1.32. The Hall–Kier alpha value is -3.21. The number of phenols is 1. The molecule has 146 valence electrons. The number of ether oxygens (including phenoxy) is 1. The van der Waals surface area contributed by atoms with Crippen LogP contribution in [-0.4, -0.2) is 24.7 Å². The molecule has 0 saturated carbocycles. The Morgan fingerprint density at radius 2 is 1.89 bits per heavy atom. The number of phenolic OH excluding ortho intramolecular Hbond substituents is 1. The number of fused-ring (bicyclic) bond motifs is 1. The number of guanidine groups is 1. The third kappa shape index (κ3) is 4.55. The zero-order chi connectivity index (χ0) is 19.9. The van der Waals surface area contributed by atoms with E-state index in [2.05, 4.69) is 65.0 Å². The summed E-state index contributed by atoms with van der Waals surface area (Å²) in [6.45, 7) is 5.39. The van der Waals surface area contributed by atoms with E-state index in [0.717, 1.165) is 18.1 Å². The molecule has 5 nitrogen and oxygen atoms in total. The second kappa shape index (κ2) is 9.13. The van der Waals surface area contributed by atoms with Gasteiger partial charge in [0.2, 0.25) is 0 Å². The molecule has 5 heteroatoms. The van der Waals surface area contributed by atoms with E-state index in [1.165, 1.54) is 23.4 Å². The first-order valence-electron chi connectivity index (χ1n) is 9.50. The normalized spacial score (nSPS) is 12.6. The molecule has 0 bridgehead atoms. The zero-order valence-corrected chi connectivity index (χ0v) is 16.6. The minimum atomic E-state index is 0.0909. The molecule has 0 spiro atoms. The Morgan fingerprint density at radius 1 is 1.11 bits per heavy atom. The van der Waals surface area contributed by atoms with Crippen molar-refractivity contribution < 1.29 is 9.84 Å². The molecule has 3 rings (SSSR count). The Bertz CT molecular complexity index is 964. The van der Waals surface area contributed by atoms with Crippen LogP contribution in [0.25, 0.3) is 10.8 Å². The molecule has 3 aromatic rings. The van der Waals surface area contributed by atoms with Crippen molar-refractivity contribution in [1.82, 2.24) is 10.6 Å². The summed E-state index contributed by atoms with van der Waals surface area (Å²) in [5.41, 5.74) is 2.14. The van der Waals surface area contributed by atoms with Crippen LogP contribution in [0.1, 0.15) is 31.0 Å². The van der Waals surface area contributed by atoms with E-state index >= 15 is 0 Å². The highest BCUT2D eigenvalue weighted by molar-refractivity contribution is 5.87. The fourth-order valence-electron chi connectivity index (χ4n) is 3.24. The number of hydrogen-bond acceptors (Lipinski definition) is 3. The summed E-state index contributed by atoms with van der Waals surface area (Å²) >= 11 is 0. The molecule has 28 heavy (non-hydrogen) atoms. The number of benzene rings is 3. The van der Waals surface area contributed by atoms with E-state index in [9.17, 15) is 5.11 Å². The van der Waals surface area contributed by atoms with Gasteiger partial charge in [-0.3, -0.25) is 0 Å². The summed E-state index contributed by atoms with van der Waals surface area (Å²) in [7, 11) is 1.54. The van der Waals surface area contributed by atoms with Crippen LogP contribution in [0.5, 0.6) is 11.5 Å². The van der Waals surface area contributed by atoms with Crippen LogP contribution in [0.3, 0.4) is 0 Å². The first-order valence-corrected chi connectivity index (χ1v) is 9.50. The number of methoxy groups -OCH3 is 1.